The molecule has 1 fully saturated rings. The zero-order valence-electron chi connectivity index (χ0n) is 23.5. The van der Waals surface area contributed by atoms with Crippen molar-refractivity contribution in [3.8, 4) is 11.5 Å². The number of ether oxygens (including phenoxy) is 1. The molecular weight excluding hydrogens is 492 g/mol. The van der Waals surface area contributed by atoms with Gasteiger partial charge in [-0.2, -0.15) is 0 Å². The largest absolute Gasteiger partial charge is 0.508 e. The molecule has 39 heavy (non-hydrogen) atoms. The Morgan fingerprint density at radius 2 is 1.69 bits per heavy atom. The number of nitrogens with zero attached hydrogens (tertiary/aromatic N) is 1. The number of aromatic hydroxyl groups is 1. The Bertz CT molecular complexity index is 933. The first-order valence-electron chi connectivity index (χ1n) is 14.7. The molecule has 0 bridgehead atoms. The molecule has 0 radical (unpaired) electrons. The zero-order chi connectivity index (χ0) is 27.7. The van der Waals surface area contributed by atoms with Gasteiger partial charge < -0.3 is 35.8 Å². The monoisotopic (exact) mass is 540 g/mol. The van der Waals surface area contributed by atoms with Crippen molar-refractivity contribution in [2.75, 3.05) is 44.6 Å². The number of urea groups is 1. The van der Waals surface area contributed by atoms with Crippen LogP contribution < -0.4 is 20.7 Å². The Balaban J connectivity index is 1.31. The fourth-order valence-electron chi connectivity index (χ4n) is 4.79. The van der Waals surface area contributed by atoms with Crippen LogP contribution >= 0.6 is 0 Å². The number of rotatable bonds is 17. The quantitative estimate of drug-likeness (QED) is 0.183. The van der Waals surface area contributed by atoms with Crippen LogP contribution in [0.25, 0.3) is 0 Å². The third kappa shape index (κ3) is 12.2. The van der Waals surface area contributed by atoms with Crippen LogP contribution in [0, 0.1) is 0 Å². The number of phenolic OH excluding ortho intramolecular Hbond substituents is 1. The van der Waals surface area contributed by atoms with E-state index in [9.17, 15) is 15.0 Å². The third-order valence-electron chi connectivity index (χ3n) is 7.13. The maximum absolute atomic E-state index is 12.3. The van der Waals surface area contributed by atoms with Gasteiger partial charge in [0.25, 0.3) is 0 Å². The molecule has 0 saturated carbocycles. The van der Waals surface area contributed by atoms with Crippen LogP contribution in [0.4, 0.5) is 10.5 Å². The van der Waals surface area contributed by atoms with E-state index >= 15 is 0 Å². The molecule has 1 aliphatic rings. The lowest BCUT2D eigenvalue weighted by atomic mass is 10.0. The minimum atomic E-state index is -0.608. The summed E-state index contributed by atoms with van der Waals surface area (Å²) in [6.45, 7) is 6.14. The molecule has 216 valence electrons. The Labute approximate surface area is 234 Å². The van der Waals surface area contributed by atoms with E-state index in [1.165, 1.54) is 24.8 Å². The van der Waals surface area contributed by atoms with E-state index in [2.05, 4.69) is 47.1 Å². The van der Waals surface area contributed by atoms with Crippen molar-refractivity contribution in [1.29, 1.82) is 0 Å². The van der Waals surface area contributed by atoms with Gasteiger partial charge in [-0.3, -0.25) is 0 Å². The minimum Gasteiger partial charge on any atom is -0.508 e. The molecule has 1 saturated heterocycles. The molecule has 3 rings (SSSR count). The van der Waals surface area contributed by atoms with Crippen molar-refractivity contribution in [1.82, 2.24) is 15.5 Å². The number of hydrogen-bond acceptors (Lipinski definition) is 6. The van der Waals surface area contributed by atoms with Crippen molar-refractivity contribution in [2.45, 2.75) is 76.9 Å². The van der Waals surface area contributed by atoms with E-state index in [4.69, 9.17) is 4.74 Å². The maximum atomic E-state index is 12.3. The van der Waals surface area contributed by atoms with Gasteiger partial charge >= 0.3 is 6.03 Å². The summed E-state index contributed by atoms with van der Waals surface area (Å²) in [5.41, 5.74) is 2.38. The standard InChI is InChI=1S/C31H48N4O4/c1-2-3-8-26(9-7-19-33-31(38)35-21-5-4-6-22-35)34-27-12-10-25(11-13-27)18-20-32-23-29(37)24-39-30-16-14-28(36)15-17-30/h10-17,26,29,32,34,36-37H,2-9,18-24H2,1H3,(H,33,38). The highest BCUT2D eigenvalue weighted by Crippen LogP contribution is 2.17. The summed E-state index contributed by atoms with van der Waals surface area (Å²) >= 11 is 0. The fourth-order valence-corrected chi connectivity index (χ4v) is 4.79. The molecule has 1 aliphatic heterocycles. The second-order valence-corrected chi connectivity index (χ2v) is 10.5. The van der Waals surface area contributed by atoms with E-state index < -0.39 is 6.10 Å². The molecule has 8 nitrogen and oxygen atoms in total. The van der Waals surface area contributed by atoms with E-state index in [-0.39, 0.29) is 18.4 Å². The summed E-state index contributed by atoms with van der Waals surface area (Å²) in [7, 11) is 0. The zero-order valence-corrected chi connectivity index (χ0v) is 23.5. The number of likely N-dealkylation sites (tertiary alicyclic amines) is 1. The van der Waals surface area contributed by atoms with Gasteiger partial charge in [0.2, 0.25) is 0 Å². The van der Waals surface area contributed by atoms with Crippen LogP contribution in [0.2, 0.25) is 0 Å². The summed E-state index contributed by atoms with van der Waals surface area (Å²) in [6.07, 6.45) is 9.23. The van der Waals surface area contributed by atoms with Gasteiger partial charge in [0.05, 0.1) is 0 Å². The summed E-state index contributed by atoms with van der Waals surface area (Å²) < 4.78 is 5.55. The number of aliphatic hydroxyl groups excluding tert-OH is 1. The first-order valence-corrected chi connectivity index (χ1v) is 14.7. The van der Waals surface area contributed by atoms with Gasteiger partial charge in [0.1, 0.15) is 24.2 Å². The van der Waals surface area contributed by atoms with Gasteiger partial charge in [-0.15, -0.1) is 0 Å². The Morgan fingerprint density at radius 1 is 0.974 bits per heavy atom. The second-order valence-electron chi connectivity index (χ2n) is 10.5. The number of piperidine rings is 1. The normalized spacial score (nSPS) is 15.0. The number of carbonyl (C=O) groups excluding carboxylic acids is 1. The number of nitrogens with one attached hydrogen (secondary N) is 3. The summed E-state index contributed by atoms with van der Waals surface area (Å²) in [4.78, 5) is 14.3. The van der Waals surface area contributed by atoms with Crippen molar-refractivity contribution in [3.05, 3.63) is 54.1 Å². The fraction of sp³-hybridized carbons (Fsp3) is 0.581. The second kappa shape index (κ2) is 17.6. The van der Waals surface area contributed by atoms with Crippen molar-refractivity contribution in [2.24, 2.45) is 0 Å². The van der Waals surface area contributed by atoms with Crippen LogP contribution in [-0.4, -0.2) is 72.6 Å². The van der Waals surface area contributed by atoms with E-state index in [1.54, 1.807) is 24.3 Å². The predicted octanol–water partition coefficient (Wildman–Crippen LogP) is 4.91. The number of hydrogen-bond donors (Lipinski definition) is 5. The average Bonchev–Trinajstić information content (AvgIpc) is 2.97. The molecule has 0 aromatic heterocycles. The van der Waals surface area contributed by atoms with E-state index in [0.717, 1.165) is 70.4 Å². The number of carbonyl (C=O) groups is 1. The minimum absolute atomic E-state index is 0.0924. The first-order chi connectivity index (χ1) is 19.0. The lowest BCUT2D eigenvalue weighted by Crippen LogP contribution is -2.43. The SMILES string of the molecule is CCCCC(CCCNC(=O)N1CCCCC1)Nc1ccc(CCNCC(O)COc2ccc(O)cc2)cc1. The van der Waals surface area contributed by atoms with Crippen LogP contribution in [0.3, 0.4) is 0 Å². The highest BCUT2D eigenvalue weighted by molar-refractivity contribution is 5.74. The Kier molecular flexibility index (Phi) is 13.8. The van der Waals surface area contributed by atoms with Gasteiger partial charge in [-0.05, 0) is 93.5 Å². The van der Waals surface area contributed by atoms with Crippen molar-refractivity contribution < 1.29 is 19.7 Å². The number of phenols is 1. The van der Waals surface area contributed by atoms with Crippen molar-refractivity contribution >= 4 is 11.7 Å². The maximum Gasteiger partial charge on any atom is 0.317 e. The van der Waals surface area contributed by atoms with Crippen LogP contribution in [0.5, 0.6) is 11.5 Å². The van der Waals surface area contributed by atoms with Gasteiger partial charge in [0.15, 0.2) is 0 Å². The van der Waals surface area contributed by atoms with Gasteiger partial charge in [-0.25, -0.2) is 4.79 Å². The third-order valence-corrected chi connectivity index (χ3v) is 7.13. The molecule has 2 aromatic rings. The highest BCUT2D eigenvalue weighted by Gasteiger charge is 2.16. The number of amides is 2. The molecule has 5 N–H and O–H groups in total. The average molecular weight is 541 g/mol. The summed E-state index contributed by atoms with van der Waals surface area (Å²) in [5.74, 6) is 0.812. The molecule has 8 heteroatoms. The molecular formula is C31H48N4O4. The van der Waals surface area contributed by atoms with E-state index in [0.29, 0.717) is 18.3 Å². The first kappa shape index (κ1) is 30.6. The molecule has 2 atom stereocenters. The van der Waals surface area contributed by atoms with Crippen LogP contribution in [0.15, 0.2) is 48.5 Å². The predicted molar refractivity (Wildman–Crippen MR) is 158 cm³/mol. The Morgan fingerprint density at radius 3 is 2.41 bits per heavy atom. The molecule has 2 aromatic carbocycles. The smallest absolute Gasteiger partial charge is 0.317 e. The van der Waals surface area contributed by atoms with E-state index in [1.807, 2.05) is 4.90 Å². The molecule has 2 unspecified atom stereocenters. The summed E-state index contributed by atoms with van der Waals surface area (Å²) in [6, 6.07) is 15.6. The lowest BCUT2D eigenvalue weighted by Gasteiger charge is -2.27. The van der Waals surface area contributed by atoms with Crippen LogP contribution in [0.1, 0.15) is 63.9 Å². The van der Waals surface area contributed by atoms with Crippen LogP contribution in [-0.2, 0) is 6.42 Å². The molecule has 1 heterocycles. The molecule has 0 spiro atoms. The molecule has 2 amide bonds. The lowest BCUT2D eigenvalue weighted by molar-refractivity contribution is 0.106. The topological polar surface area (TPSA) is 106 Å². The number of aliphatic hydroxyl groups is 1. The summed E-state index contributed by atoms with van der Waals surface area (Å²) in [5, 5.41) is 29.6. The number of unbranched alkanes of at least 4 members (excludes halogenated alkanes) is 1. The highest BCUT2D eigenvalue weighted by atomic mass is 16.5. The number of benzene rings is 2. The number of anilines is 1. The molecule has 0 aliphatic carbocycles. The van der Waals surface area contributed by atoms with Gasteiger partial charge in [0, 0.05) is 37.9 Å². The Hall–Kier alpha value is -2.97. The van der Waals surface area contributed by atoms with Crippen molar-refractivity contribution in [3.63, 3.8) is 0 Å². The van der Waals surface area contributed by atoms with Gasteiger partial charge in [-0.1, -0.05) is 31.9 Å².